The van der Waals surface area contributed by atoms with Crippen LogP contribution in [0.25, 0.3) is 0 Å². The molecule has 0 aliphatic heterocycles. The van der Waals surface area contributed by atoms with Gasteiger partial charge in [-0.05, 0) is 6.42 Å². The van der Waals surface area contributed by atoms with Crippen molar-refractivity contribution in [2.24, 2.45) is 11.3 Å². The third kappa shape index (κ3) is 5.95. The molecule has 0 fully saturated rings. The van der Waals surface area contributed by atoms with Crippen LogP contribution in [0.2, 0.25) is 0 Å². The van der Waals surface area contributed by atoms with Gasteiger partial charge in [0.2, 0.25) is 0 Å². The number of carboxylic acids is 4. The van der Waals surface area contributed by atoms with Gasteiger partial charge in [-0.25, -0.2) is 0 Å². The Kier molecular flexibility index (Phi) is 11.6. The van der Waals surface area contributed by atoms with Crippen molar-refractivity contribution in [1.82, 2.24) is 0 Å². The number of rotatable bonds is 12. The van der Waals surface area contributed by atoms with Crippen LogP contribution in [0.3, 0.4) is 0 Å². The maximum atomic E-state index is 11.2. The minimum absolute atomic E-state index is 0. The molecule has 0 aliphatic rings. The second-order valence-electron chi connectivity index (χ2n) is 5.17. The Bertz CT molecular complexity index is 398. The monoisotopic (exact) mass is 366 g/mol. The van der Waals surface area contributed by atoms with Crippen LogP contribution in [0.5, 0.6) is 0 Å². The minimum atomic E-state index is -3.37. The summed E-state index contributed by atoms with van der Waals surface area (Å²) in [5, 5.41) is 36.2. The molecular formula is C14H22O8Ti. The molecule has 9 heteroatoms. The summed E-state index contributed by atoms with van der Waals surface area (Å²) in [5.41, 5.74) is -3.37. The summed E-state index contributed by atoms with van der Waals surface area (Å²) in [6.07, 6.45) is 4.33. The largest absolute Gasteiger partial charge is 0.481 e. The van der Waals surface area contributed by atoms with E-state index in [1.807, 2.05) is 6.92 Å². The molecule has 8 nitrogen and oxygen atoms in total. The van der Waals surface area contributed by atoms with Gasteiger partial charge >= 0.3 is 23.9 Å². The molecular weight excluding hydrogens is 344 g/mol. The van der Waals surface area contributed by atoms with Gasteiger partial charge in [-0.15, -0.1) is 0 Å². The predicted molar refractivity (Wildman–Crippen MR) is 74.5 cm³/mol. The van der Waals surface area contributed by atoms with Crippen molar-refractivity contribution in [2.75, 3.05) is 0 Å². The number of unbranched alkanes of at least 4 members (excludes halogenated alkanes) is 5. The van der Waals surface area contributed by atoms with Crippen LogP contribution < -0.4 is 0 Å². The quantitative estimate of drug-likeness (QED) is 0.231. The smallest absolute Gasteiger partial charge is 0.333 e. The molecule has 0 heterocycles. The summed E-state index contributed by atoms with van der Waals surface area (Å²) in [6, 6.07) is 0. The van der Waals surface area contributed by atoms with Crippen molar-refractivity contribution in [3.05, 3.63) is 0 Å². The number of hydrogen-bond donors (Lipinski definition) is 4. The van der Waals surface area contributed by atoms with Crippen LogP contribution in [0.15, 0.2) is 0 Å². The molecule has 0 saturated heterocycles. The average molecular weight is 366 g/mol. The van der Waals surface area contributed by atoms with Crippen molar-refractivity contribution < 1.29 is 61.3 Å². The van der Waals surface area contributed by atoms with E-state index >= 15 is 0 Å². The molecule has 0 aromatic carbocycles. The summed E-state index contributed by atoms with van der Waals surface area (Å²) in [4.78, 5) is 44.8. The SMILES string of the molecule is CCCCCCCCC(C(=O)O)C(C(=O)O)(C(=O)O)C(=O)O.[Ti]. The number of carboxylic acid groups (broad SMARTS) is 4. The summed E-state index contributed by atoms with van der Waals surface area (Å²) in [6.45, 7) is 2.03. The van der Waals surface area contributed by atoms with E-state index in [-0.39, 0.29) is 34.6 Å². The zero-order valence-corrected chi connectivity index (χ0v) is 14.5. The molecule has 0 aromatic heterocycles. The maximum absolute atomic E-state index is 11.2. The van der Waals surface area contributed by atoms with Crippen LogP contribution in [0.4, 0.5) is 0 Å². The number of carbonyl (C=O) groups is 4. The average Bonchev–Trinajstić information content (AvgIpc) is 2.39. The normalized spacial score (nSPS) is 12.0. The summed E-state index contributed by atoms with van der Waals surface area (Å²) < 4.78 is 0. The molecule has 1 unspecified atom stereocenters. The van der Waals surface area contributed by atoms with Gasteiger partial charge in [0.15, 0.2) is 0 Å². The van der Waals surface area contributed by atoms with Gasteiger partial charge in [-0.1, -0.05) is 45.4 Å². The molecule has 4 N–H and O–H groups in total. The fourth-order valence-corrected chi connectivity index (χ4v) is 2.38. The van der Waals surface area contributed by atoms with Gasteiger partial charge < -0.3 is 20.4 Å². The maximum Gasteiger partial charge on any atom is 0.333 e. The van der Waals surface area contributed by atoms with Crippen LogP contribution >= 0.6 is 0 Å². The molecule has 0 aliphatic carbocycles. The van der Waals surface area contributed by atoms with Crippen LogP contribution in [0, 0.1) is 11.3 Å². The molecule has 1 atom stereocenters. The third-order valence-electron chi connectivity index (χ3n) is 3.68. The summed E-state index contributed by atoms with van der Waals surface area (Å²) in [5.74, 6) is -10.3. The molecule has 23 heavy (non-hydrogen) atoms. The molecule has 0 spiro atoms. The van der Waals surface area contributed by atoms with E-state index in [9.17, 15) is 19.2 Å². The van der Waals surface area contributed by atoms with E-state index in [1.54, 1.807) is 0 Å². The zero-order chi connectivity index (χ0) is 17.3. The molecule has 130 valence electrons. The summed E-state index contributed by atoms with van der Waals surface area (Å²) in [7, 11) is 0. The fourth-order valence-electron chi connectivity index (χ4n) is 2.38. The van der Waals surface area contributed by atoms with Gasteiger partial charge in [0.1, 0.15) is 0 Å². The first kappa shape index (κ1) is 23.9. The van der Waals surface area contributed by atoms with Crippen molar-refractivity contribution in [3.63, 3.8) is 0 Å². The van der Waals surface area contributed by atoms with E-state index in [0.29, 0.717) is 6.42 Å². The van der Waals surface area contributed by atoms with E-state index < -0.39 is 35.2 Å². The number of aliphatic carboxylic acids is 4. The third-order valence-corrected chi connectivity index (χ3v) is 3.68. The van der Waals surface area contributed by atoms with Crippen LogP contribution in [-0.2, 0) is 40.9 Å². The van der Waals surface area contributed by atoms with E-state index in [0.717, 1.165) is 25.7 Å². The van der Waals surface area contributed by atoms with Crippen LogP contribution in [-0.4, -0.2) is 44.3 Å². The zero-order valence-electron chi connectivity index (χ0n) is 12.9. The van der Waals surface area contributed by atoms with Gasteiger partial charge in [0, 0.05) is 21.7 Å². The van der Waals surface area contributed by atoms with Crippen molar-refractivity contribution >= 4 is 23.9 Å². The molecule has 0 radical (unpaired) electrons. The first-order chi connectivity index (χ1) is 10.2. The predicted octanol–water partition coefficient (Wildman–Crippen LogP) is 1.68. The fraction of sp³-hybridized carbons (Fsp3) is 0.714. The minimum Gasteiger partial charge on any atom is -0.481 e. The van der Waals surface area contributed by atoms with Gasteiger partial charge in [-0.3, -0.25) is 19.2 Å². The topological polar surface area (TPSA) is 149 Å². The van der Waals surface area contributed by atoms with Crippen molar-refractivity contribution in [2.45, 2.75) is 51.9 Å². The molecule has 0 bridgehead atoms. The Morgan fingerprint density at radius 2 is 1.17 bits per heavy atom. The molecule has 0 rings (SSSR count). The Morgan fingerprint density at radius 3 is 1.52 bits per heavy atom. The number of hydrogen-bond acceptors (Lipinski definition) is 4. The standard InChI is InChI=1S/C14H22O8.Ti/c1-2-3-4-5-6-7-8-9(10(15)16)14(11(17)18,12(19)20)13(21)22;/h9H,2-8H2,1H3,(H,15,16)(H,17,18)(H,19,20)(H,21,22);. The van der Waals surface area contributed by atoms with Gasteiger partial charge in [-0.2, -0.15) is 0 Å². The van der Waals surface area contributed by atoms with Gasteiger partial charge in [0.25, 0.3) is 5.41 Å². The first-order valence-electron chi connectivity index (χ1n) is 7.15. The summed E-state index contributed by atoms with van der Waals surface area (Å²) >= 11 is 0. The Morgan fingerprint density at radius 1 is 0.783 bits per heavy atom. The molecule has 0 saturated carbocycles. The van der Waals surface area contributed by atoms with E-state index in [4.69, 9.17) is 20.4 Å². The van der Waals surface area contributed by atoms with Crippen molar-refractivity contribution in [1.29, 1.82) is 0 Å². The molecule has 0 amide bonds. The molecule has 0 aromatic rings. The van der Waals surface area contributed by atoms with Crippen LogP contribution in [0.1, 0.15) is 51.9 Å². The van der Waals surface area contributed by atoms with E-state index in [1.165, 1.54) is 0 Å². The second kappa shape index (κ2) is 11.2. The Labute approximate surface area is 148 Å². The second-order valence-corrected chi connectivity index (χ2v) is 5.17. The van der Waals surface area contributed by atoms with E-state index in [2.05, 4.69) is 0 Å². The Hall–Kier alpha value is -1.41. The van der Waals surface area contributed by atoms with Gasteiger partial charge in [0.05, 0.1) is 5.92 Å². The Balaban J connectivity index is 0. The first-order valence-corrected chi connectivity index (χ1v) is 7.15. The van der Waals surface area contributed by atoms with Crippen molar-refractivity contribution in [3.8, 4) is 0 Å².